The standard InChI is InChI=1S/C15H30N2O/c1-11(2)8-12-10-17(7-6-16-12)13-9-14(18-5)15(13,3)4/h11-14,16H,6-10H2,1-5H3. The average Bonchev–Trinajstić information content (AvgIpc) is 2.28. The van der Waals surface area contributed by atoms with E-state index in [0.29, 0.717) is 23.6 Å². The van der Waals surface area contributed by atoms with Crippen LogP contribution in [0.4, 0.5) is 0 Å². The van der Waals surface area contributed by atoms with Gasteiger partial charge in [-0.2, -0.15) is 0 Å². The number of hydrogen-bond acceptors (Lipinski definition) is 3. The molecule has 0 amide bonds. The van der Waals surface area contributed by atoms with Gasteiger partial charge in [-0.15, -0.1) is 0 Å². The Morgan fingerprint density at radius 2 is 2.11 bits per heavy atom. The third-order valence-corrected chi connectivity index (χ3v) is 4.89. The minimum Gasteiger partial charge on any atom is -0.381 e. The molecule has 3 heteroatoms. The summed E-state index contributed by atoms with van der Waals surface area (Å²) in [4.78, 5) is 2.69. The van der Waals surface area contributed by atoms with Crippen LogP contribution in [0.2, 0.25) is 0 Å². The number of methoxy groups -OCH3 is 1. The Labute approximate surface area is 112 Å². The summed E-state index contributed by atoms with van der Waals surface area (Å²) < 4.78 is 5.57. The third-order valence-electron chi connectivity index (χ3n) is 4.89. The van der Waals surface area contributed by atoms with Gasteiger partial charge in [0.25, 0.3) is 0 Å². The van der Waals surface area contributed by atoms with E-state index in [1.54, 1.807) is 0 Å². The minimum atomic E-state index is 0.314. The molecule has 1 aliphatic carbocycles. The van der Waals surface area contributed by atoms with Crippen LogP contribution in [0.25, 0.3) is 0 Å². The van der Waals surface area contributed by atoms with Crippen LogP contribution in [0.5, 0.6) is 0 Å². The Hall–Kier alpha value is -0.120. The van der Waals surface area contributed by atoms with Crippen LogP contribution < -0.4 is 5.32 Å². The maximum Gasteiger partial charge on any atom is 0.0652 e. The topological polar surface area (TPSA) is 24.5 Å². The predicted octanol–water partition coefficient (Wildman–Crippen LogP) is 2.12. The molecule has 3 atom stereocenters. The van der Waals surface area contributed by atoms with Crippen molar-refractivity contribution in [3.05, 3.63) is 0 Å². The second kappa shape index (κ2) is 5.48. The second-order valence-corrected chi connectivity index (χ2v) is 7.07. The lowest BCUT2D eigenvalue weighted by molar-refractivity contribution is -0.142. The lowest BCUT2D eigenvalue weighted by atomic mass is 9.63. The van der Waals surface area contributed by atoms with E-state index in [4.69, 9.17) is 4.74 Å². The molecule has 1 N–H and O–H groups in total. The van der Waals surface area contributed by atoms with E-state index in [1.807, 2.05) is 7.11 Å². The summed E-state index contributed by atoms with van der Waals surface area (Å²) in [6.45, 7) is 12.9. The zero-order chi connectivity index (χ0) is 13.3. The van der Waals surface area contributed by atoms with Crippen LogP contribution in [-0.4, -0.2) is 49.8 Å². The number of ether oxygens (including phenoxy) is 1. The van der Waals surface area contributed by atoms with Crippen molar-refractivity contribution in [3.8, 4) is 0 Å². The first-order valence-electron chi connectivity index (χ1n) is 7.45. The van der Waals surface area contributed by atoms with Gasteiger partial charge < -0.3 is 10.1 Å². The summed E-state index contributed by atoms with van der Waals surface area (Å²) >= 11 is 0. The van der Waals surface area contributed by atoms with Crippen LogP contribution in [0.15, 0.2) is 0 Å². The Balaban J connectivity index is 1.90. The van der Waals surface area contributed by atoms with Gasteiger partial charge in [0.1, 0.15) is 0 Å². The molecule has 1 aliphatic heterocycles. The summed E-state index contributed by atoms with van der Waals surface area (Å²) in [6, 6.07) is 1.38. The molecular formula is C15H30N2O. The molecule has 106 valence electrons. The Kier molecular flexibility index (Phi) is 4.35. The lowest BCUT2D eigenvalue weighted by Crippen LogP contribution is -2.66. The highest BCUT2D eigenvalue weighted by molar-refractivity contribution is 5.05. The minimum absolute atomic E-state index is 0.314. The van der Waals surface area contributed by atoms with Gasteiger partial charge in [-0.1, -0.05) is 27.7 Å². The van der Waals surface area contributed by atoms with Crippen molar-refractivity contribution >= 4 is 0 Å². The fourth-order valence-corrected chi connectivity index (χ4v) is 3.75. The number of nitrogens with zero attached hydrogens (tertiary/aromatic N) is 1. The van der Waals surface area contributed by atoms with E-state index >= 15 is 0 Å². The second-order valence-electron chi connectivity index (χ2n) is 7.07. The molecule has 3 unspecified atom stereocenters. The normalized spacial score (nSPS) is 36.7. The van der Waals surface area contributed by atoms with Crippen LogP contribution in [0.1, 0.15) is 40.5 Å². The zero-order valence-corrected chi connectivity index (χ0v) is 12.7. The maximum absolute atomic E-state index is 5.57. The van der Waals surface area contributed by atoms with Crippen molar-refractivity contribution in [1.29, 1.82) is 0 Å². The summed E-state index contributed by atoms with van der Waals surface area (Å²) in [5, 5.41) is 3.66. The van der Waals surface area contributed by atoms with Gasteiger partial charge in [0.05, 0.1) is 6.10 Å². The largest absolute Gasteiger partial charge is 0.381 e. The quantitative estimate of drug-likeness (QED) is 0.832. The zero-order valence-electron chi connectivity index (χ0n) is 12.7. The van der Waals surface area contributed by atoms with Gasteiger partial charge in [-0.05, 0) is 18.8 Å². The molecule has 3 nitrogen and oxygen atoms in total. The van der Waals surface area contributed by atoms with Crippen LogP contribution in [0, 0.1) is 11.3 Å². The van der Waals surface area contributed by atoms with Gasteiger partial charge in [0.2, 0.25) is 0 Å². The molecule has 1 heterocycles. The monoisotopic (exact) mass is 254 g/mol. The van der Waals surface area contributed by atoms with Crippen LogP contribution in [0.3, 0.4) is 0 Å². The van der Waals surface area contributed by atoms with Gasteiger partial charge in [-0.25, -0.2) is 0 Å². The molecule has 0 aromatic rings. The lowest BCUT2D eigenvalue weighted by Gasteiger charge is -2.57. The predicted molar refractivity (Wildman–Crippen MR) is 75.8 cm³/mol. The smallest absolute Gasteiger partial charge is 0.0652 e. The van der Waals surface area contributed by atoms with E-state index in [9.17, 15) is 0 Å². The first-order valence-corrected chi connectivity index (χ1v) is 7.45. The fourth-order valence-electron chi connectivity index (χ4n) is 3.75. The molecule has 18 heavy (non-hydrogen) atoms. The molecule has 1 saturated carbocycles. The summed E-state index contributed by atoms with van der Waals surface area (Å²) in [7, 11) is 1.85. The Bertz CT molecular complexity index is 278. The highest BCUT2D eigenvalue weighted by atomic mass is 16.5. The van der Waals surface area contributed by atoms with Crippen molar-refractivity contribution < 1.29 is 4.74 Å². The van der Waals surface area contributed by atoms with Gasteiger partial charge in [0.15, 0.2) is 0 Å². The summed E-state index contributed by atoms with van der Waals surface area (Å²) in [5.74, 6) is 0.781. The van der Waals surface area contributed by atoms with Crippen molar-refractivity contribution in [1.82, 2.24) is 10.2 Å². The van der Waals surface area contributed by atoms with Crippen molar-refractivity contribution in [2.45, 2.75) is 58.7 Å². The van der Waals surface area contributed by atoms with E-state index in [0.717, 1.165) is 12.5 Å². The van der Waals surface area contributed by atoms with E-state index < -0.39 is 0 Å². The molecule has 0 spiro atoms. The highest BCUT2D eigenvalue weighted by Gasteiger charge is 2.51. The Morgan fingerprint density at radius 1 is 1.39 bits per heavy atom. The molecule has 0 aromatic heterocycles. The summed E-state index contributed by atoms with van der Waals surface area (Å²) in [6.07, 6.45) is 2.94. The highest BCUT2D eigenvalue weighted by Crippen LogP contribution is 2.45. The van der Waals surface area contributed by atoms with Gasteiger partial charge in [0, 0.05) is 44.2 Å². The summed E-state index contributed by atoms with van der Waals surface area (Å²) in [5.41, 5.74) is 0.314. The van der Waals surface area contributed by atoms with E-state index in [-0.39, 0.29) is 0 Å². The van der Waals surface area contributed by atoms with Crippen molar-refractivity contribution in [2.24, 2.45) is 11.3 Å². The molecule has 0 bridgehead atoms. The molecule has 1 saturated heterocycles. The molecule has 2 aliphatic rings. The van der Waals surface area contributed by atoms with Gasteiger partial charge >= 0.3 is 0 Å². The van der Waals surface area contributed by atoms with E-state index in [2.05, 4.69) is 37.9 Å². The van der Waals surface area contributed by atoms with Crippen molar-refractivity contribution in [2.75, 3.05) is 26.7 Å². The maximum atomic E-state index is 5.57. The average molecular weight is 254 g/mol. The molecular weight excluding hydrogens is 224 g/mol. The van der Waals surface area contributed by atoms with Crippen LogP contribution >= 0.6 is 0 Å². The first kappa shape index (κ1) is 14.3. The first-order chi connectivity index (χ1) is 8.45. The van der Waals surface area contributed by atoms with E-state index in [1.165, 1.54) is 25.9 Å². The fraction of sp³-hybridized carbons (Fsp3) is 1.00. The SMILES string of the molecule is COC1CC(N2CCNC(CC(C)C)C2)C1(C)C. The van der Waals surface area contributed by atoms with Crippen molar-refractivity contribution in [3.63, 3.8) is 0 Å². The number of piperazine rings is 1. The van der Waals surface area contributed by atoms with Crippen LogP contribution in [-0.2, 0) is 4.74 Å². The third kappa shape index (κ3) is 2.73. The molecule has 0 aromatic carbocycles. The number of rotatable bonds is 4. The number of nitrogens with one attached hydrogen (secondary N) is 1. The molecule has 2 fully saturated rings. The molecule has 2 rings (SSSR count). The molecule has 0 radical (unpaired) electrons. The van der Waals surface area contributed by atoms with Gasteiger partial charge in [-0.3, -0.25) is 4.90 Å². The Morgan fingerprint density at radius 3 is 2.67 bits per heavy atom. The number of hydrogen-bond donors (Lipinski definition) is 1.